The maximum Gasteiger partial charge on any atom is 0.161 e. The fourth-order valence-electron chi connectivity index (χ4n) is 2.78. The first-order valence-electron chi connectivity index (χ1n) is 7.15. The normalized spacial score (nSPS) is 19.6. The van der Waals surface area contributed by atoms with Crippen molar-refractivity contribution in [2.45, 2.75) is 18.6 Å². The number of aliphatic hydroxyl groups excluding tert-OH is 1. The van der Waals surface area contributed by atoms with E-state index in [0.29, 0.717) is 28.4 Å². The van der Waals surface area contributed by atoms with Crippen molar-refractivity contribution in [2.24, 2.45) is 0 Å². The molecule has 122 valence electrons. The first-order valence-corrected chi connectivity index (χ1v) is 7.15. The van der Waals surface area contributed by atoms with E-state index < -0.39 is 12.2 Å². The average Bonchev–Trinajstić information content (AvgIpc) is 2.54. The Bertz CT molecular complexity index is 727. The molecular formula is C17H18O6. The van der Waals surface area contributed by atoms with Crippen LogP contribution in [0.4, 0.5) is 0 Å². The predicted molar refractivity (Wildman–Crippen MR) is 82.4 cm³/mol. The second kappa shape index (κ2) is 5.89. The zero-order valence-corrected chi connectivity index (χ0v) is 12.8. The molecule has 0 aromatic heterocycles. The van der Waals surface area contributed by atoms with Gasteiger partial charge in [-0.15, -0.1) is 0 Å². The van der Waals surface area contributed by atoms with Crippen LogP contribution < -0.4 is 14.2 Å². The maximum absolute atomic E-state index is 10.4. The lowest BCUT2D eigenvalue weighted by molar-refractivity contribution is 0.0197. The predicted octanol–water partition coefficient (Wildman–Crippen LogP) is 2.15. The summed E-state index contributed by atoms with van der Waals surface area (Å²) in [5.74, 6) is 1.28. The van der Waals surface area contributed by atoms with Crippen molar-refractivity contribution in [3.63, 3.8) is 0 Å². The third-order valence-corrected chi connectivity index (χ3v) is 3.92. The SMILES string of the molecule is COc1ccc([C@H]2Oc3cc(O)cc(O)c3C[C@@H]2O)cc1OC. The molecule has 0 aliphatic carbocycles. The lowest BCUT2D eigenvalue weighted by Crippen LogP contribution is -2.30. The van der Waals surface area contributed by atoms with E-state index in [1.165, 1.54) is 19.2 Å². The van der Waals surface area contributed by atoms with Crippen LogP contribution in [0.1, 0.15) is 17.2 Å². The van der Waals surface area contributed by atoms with Crippen LogP contribution in [-0.4, -0.2) is 35.6 Å². The molecule has 1 aliphatic heterocycles. The van der Waals surface area contributed by atoms with E-state index in [9.17, 15) is 15.3 Å². The van der Waals surface area contributed by atoms with Gasteiger partial charge < -0.3 is 29.5 Å². The van der Waals surface area contributed by atoms with Gasteiger partial charge in [0.15, 0.2) is 11.5 Å². The zero-order valence-electron chi connectivity index (χ0n) is 12.8. The van der Waals surface area contributed by atoms with E-state index in [4.69, 9.17) is 14.2 Å². The highest BCUT2D eigenvalue weighted by atomic mass is 16.5. The number of aliphatic hydroxyl groups is 1. The Balaban J connectivity index is 1.98. The molecule has 0 bridgehead atoms. The number of benzene rings is 2. The summed E-state index contributed by atoms with van der Waals surface area (Å²) in [7, 11) is 3.08. The monoisotopic (exact) mass is 318 g/mol. The number of aromatic hydroxyl groups is 2. The van der Waals surface area contributed by atoms with Crippen LogP contribution in [0, 0.1) is 0 Å². The Hall–Kier alpha value is -2.60. The largest absolute Gasteiger partial charge is 0.508 e. The molecule has 0 radical (unpaired) electrons. The van der Waals surface area contributed by atoms with E-state index in [0.717, 1.165) is 0 Å². The van der Waals surface area contributed by atoms with Crippen molar-refractivity contribution in [3.05, 3.63) is 41.5 Å². The third-order valence-electron chi connectivity index (χ3n) is 3.92. The molecule has 2 atom stereocenters. The van der Waals surface area contributed by atoms with Crippen molar-refractivity contribution in [1.82, 2.24) is 0 Å². The number of hydrogen-bond acceptors (Lipinski definition) is 6. The van der Waals surface area contributed by atoms with Gasteiger partial charge in [0, 0.05) is 24.1 Å². The molecule has 0 fully saturated rings. The zero-order chi connectivity index (χ0) is 16.6. The minimum absolute atomic E-state index is 0.0928. The Morgan fingerprint density at radius 2 is 1.78 bits per heavy atom. The van der Waals surface area contributed by atoms with Crippen LogP contribution in [0.3, 0.4) is 0 Å². The summed E-state index contributed by atoms with van der Waals surface area (Å²) >= 11 is 0. The minimum atomic E-state index is -0.837. The highest BCUT2D eigenvalue weighted by Gasteiger charge is 2.32. The first-order chi connectivity index (χ1) is 11.0. The first kappa shape index (κ1) is 15.3. The summed E-state index contributed by atoms with van der Waals surface area (Å²) < 4.78 is 16.3. The molecule has 3 N–H and O–H groups in total. The van der Waals surface area contributed by atoms with Gasteiger partial charge in [-0.3, -0.25) is 0 Å². The van der Waals surface area contributed by atoms with Gasteiger partial charge >= 0.3 is 0 Å². The Morgan fingerprint density at radius 1 is 1.04 bits per heavy atom. The fourth-order valence-corrected chi connectivity index (χ4v) is 2.78. The molecule has 0 saturated carbocycles. The van der Waals surface area contributed by atoms with Crippen molar-refractivity contribution >= 4 is 0 Å². The van der Waals surface area contributed by atoms with Gasteiger partial charge in [0.25, 0.3) is 0 Å². The summed E-state index contributed by atoms with van der Waals surface area (Å²) in [5.41, 5.74) is 1.19. The lowest BCUT2D eigenvalue weighted by atomic mass is 9.94. The van der Waals surface area contributed by atoms with Gasteiger partial charge in [0.2, 0.25) is 0 Å². The molecule has 0 unspecified atom stereocenters. The van der Waals surface area contributed by atoms with Gasteiger partial charge in [-0.1, -0.05) is 6.07 Å². The van der Waals surface area contributed by atoms with Gasteiger partial charge in [0.05, 0.1) is 20.3 Å². The number of fused-ring (bicyclic) bond motifs is 1. The van der Waals surface area contributed by atoms with Gasteiger partial charge in [-0.2, -0.15) is 0 Å². The van der Waals surface area contributed by atoms with E-state index in [-0.39, 0.29) is 17.9 Å². The number of hydrogen-bond donors (Lipinski definition) is 3. The van der Waals surface area contributed by atoms with Crippen molar-refractivity contribution in [2.75, 3.05) is 14.2 Å². The van der Waals surface area contributed by atoms with E-state index in [1.807, 2.05) is 0 Å². The molecule has 0 spiro atoms. The van der Waals surface area contributed by atoms with Crippen LogP contribution in [0.5, 0.6) is 28.7 Å². The summed E-state index contributed by atoms with van der Waals surface area (Å²) in [6, 6.07) is 7.91. The minimum Gasteiger partial charge on any atom is -0.508 e. The van der Waals surface area contributed by atoms with Crippen LogP contribution in [0.25, 0.3) is 0 Å². The number of ether oxygens (including phenoxy) is 3. The molecule has 1 heterocycles. The molecule has 1 aliphatic rings. The van der Waals surface area contributed by atoms with Crippen LogP contribution >= 0.6 is 0 Å². The summed E-state index contributed by atoms with van der Waals surface area (Å²) in [4.78, 5) is 0. The molecule has 3 rings (SSSR count). The highest BCUT2D eigenvalue weighted by Crippen LogP contribution is 2.42. The molecular weight excluding hydrogens is 300 g/mol. The van der Waals surface area contributed by atoms with E-state index in [2.05, 4.69) is 0 Å². The summed E-state index contributed by atoms with van der Waals surface area (Å²) in [6.07, 6.45) is -1.25. The number of phenols is 2. The molecule has 2 aromatic carbocycles. The quantitative estimate of drug-likeness (QED) is 0.804. The molecule has 23 heavy (non-hydrogen) atoms. The number of rotatable bonds is 3. The van der Waals surface area contributed by atoms with Crippen LogP contribution in [0.2, 0.25) is 0 Å². The molecule has 0 saturated heterocycles. The molecule has 0 amide bonds. The second-order valence-corrected chi connectivity index (χ2v) is 5.37. The van der Waals surface area contributed by atoms with Gasteiger partial charge in [0.1, 0.15) is 23.4 Å². The Kier molecular flexibility index (Phi) is 3.92. The Morgan fingerprint density at radius 3 is 2.48 bits per heavy atom. The summed E-state index contributed by atoms with van der Waals surface area (Å²) in [6.45, 7) is 0. The third kappa shape index (κ3) is 2.73. The van der Waals surface area contributed by atoms with Crippen molar-refractivity contribution < 1.29 is 29.5 Å². The molecule has 6 heteroatoms. The number of methoxy groups -OCH3 is 2. The fraction of sp³-hybridized carbons (Fsp3) is 0.294. The maximum atomic E-state index is 10.4. The standard InChI is InChI=1S/C17H18O6/c1-21-14-4-3-9(5-16(14)22-2)17-13(20)8-11-12(19)6-10(18)7-15(11)23-17/h3-7,13,17-20H,8H2,1-2H3/t13-,17+/m0/s1. The highest BCUT2D eigenvalue weighted by molar-refractivity contribution is 5.52. The number of phenolic OH excluding ortho intramolecular Hbond substituents is 2. The lowest BCUT2D eigenvalue weighted by Gasteiger charge is -2.31. The van der Waals surface area contributed by atoms with Crippen molar-refractivity contribution in [3.8, 4) is 28.7 Å². The summed E-state index contributed by atoms with van der Waals surface area (Å²) in [5, 5.41) is 29.9. The topological polar surface area (TPSA) is 88.4 Å². The molecule has 2 aromatic rings. The molecule has 6 nitrogen and oxygen atoms in total. The average molecular weight is 318 g/mol. The van der Waals surface area contributed by atoms with Crippen LogP contribution in [0.15, 0.2) is 30.3 Å². The van der Waals surface area contributed by atoms with Gasteiger partial charge in [-0.05, 0) is 17.7 Å². The van der Waals surface area contributed by atoms with Crippen molar-refractivity contribution in [1.29, 1.82) is 0 Å². The Labute approximate surface area is 133 Å². The second-order valence-electron chi connectivity index (χ2n) is 5.37. The van der Waals surface area contributed by atoms with Crippen LogP contribution in [-0.2, 0) is 6.42 Å². The smallest absolute Gasteiger partial charge is 0.161 e. The van der Waals surface area contributed by atoms with E-state index in [1.54, 1.807) is 25.3 Å². The van der Waals surface area contributed by atoms with E-state index >= 15 is 0 Å². The van der Waals surface area contributed by atoms with Gasteiger partial charge in [-0.25, -0.2) is 0 Å².